The highest BCUT2D eigenvalue weighted by atomic mass is 35.5. The molecule has 0 spiro atoms. The van der Waals surface area contributed by atoms with Crippen molar-refractivity contribution in [3.8, 4) is 11.8 Å². The molecule has 0 aliphatic heterocycles. The van der Waals surface area contributed by atoms with Gasteiger partial charge in [0.15, 0.2) is 0 Å². The lowest BCUT2D eigenvalue weighted by Crippen LogP contribution is -2.50. The second-order valence-electron chi connectivity index (χ2n) is 6.75. The molecule has 0 aliphatic rings. The van der Waals surface area contributed by atoms with Crippen molar-refractivity contribution in [3.63, 3.8) is 0 Å². The molecule has 0 heterocycles. The number of rotatable bonds is 6. The predicted octanol–water partition coefficient (Wildman–Crippen LogP) is 3.45. The molecule has 0 aromatic heterocycles. The third-order valence-corrected chi connectivity index (χ3v) is 10.9. The lowest BCUT2D eigenvalue weighted by molar-refractivity contribution is 0.425. The van der Waals surface area contributed by atoms with E-state index in [9.17, 15) is 15.3 Å². The summed E-state index contributed by atoms with van der Waals surface area (Å²) in [6.45, 7) is 13.0. The number of hydrogen-bond donors (Lipinski definition) is 2. The zero-order valence-corrected chi connectivity index (χ0v) is 16.3. The molecule has 0 atom stereocenters. The molecule has 0 aliphatic carbocycles. The van der Waals surface area contributed by atoms with E-state index in [-0.39, 0.29) is 16.0 Å². The SMILES string of the molecule is CC(C)[Si](Oc1ccc(B(O)O)c(C#N)c1Cl)(C(C)C)C(C)C. The van der Waals surface area contributed by atoms with Crippen LogP contribution in [0.5, 0.6) is 5.75 Å². The van der Waals surface area contributed by atoms with E-state index in [1.54, 1.807) is 6.07 Å². The minimum atomic E-state index is -2.20. The summed E-state index contributed by atoms with van der Waals surface area (Å²) in [4.78, 5) is 0. The Bertz CT molecular complexity index is 578. The minimum Gasteiger partial charge on any atom is -0.542 e. The summed E-state index contributed by atoms with van der Waals surface area (Å²) in [6, 6.07) is 5.06. The summed E-state index contributed by atoms with van der Waals surface area (Å²) >= 11 is 6.33. The van der Waals surface area contributed by atoms with Crippen LogP contribution in [0, 0.1) is 11.3 Å². The highest BCUT2D eigenvalue weighted by molar-refractivity contribution is 6.78. The molecule has 0 saturated carbocycles. The normalized spacial score (nSPS) is 12.0. The third-order valence-electron chi connectivity index (χ3n) is 4.52. The van der Waals surface area contributed by atoms with Gasteiger partial charge in [0.05, 0.1) is 10.6 Å². The summed E-state index contributed by atoms with van der Waals surface area (Å²) in [5, 5.41) is 28.2. The van der Waals surface area contributed by atoms with E-state index in [0.29, 0.717) is 22.4 Å². The van der Waals surface area contributed by atoms with Crippen molar-refractivity contribution >= 4 is 32.5 Å². The molecular weight excluding hydrogens is 329 g/mol. The fraction of sp³-hybridized carbons (Fsp3) is 0.562. The van der Waals surface area contributed by atoms with E-state index in [1.165, 1.54) is 6.07 Å². The average molecular weight is 354 g/mol. The smallest absolute Gasteiger partial charge is 0.489 e. The first-order valence-corrected chi connectivity index (χ1v) is 10.4. The van der Waals surface area contributed by atoms with Crippen LogP contribution in [-0.2, 0) is 0 Å². The summed E-state index contributed by atoms with van der Waals surface area (Å²) in [5.41, 5.74) is 1.25. The second-order valence-corrected chi connectivity index (χ2v) is 12.5. The van der Waals surface area contributed by atoms with Gasteiger partial charge in [0, 0.05) is 5.46 Å². The monoisotopic (exact) mass is 353 g/mol. The maximum atomic E-state index is 9.36. The summed E-state index contributed by atoms with van der Waals surface area (Å²) in [6.07, 6.45) is 0. The van der Waals surface area contributed by atoms with Crippen LogP contribution in [0.4, 0.5) is 0 Å². The summed E-state index contributed by atoms with van der Waals surface area (Å²) in [5.74, 6) is 0.454. The van der Waals surface area contributed by atoms with Crippen molar-refractivity contribution in [3.05, 3.63) is 22.7 Å². The number of hydrogen-bond acceptors (Lipinski definition) is 4. The molecule has 1 aromatic rings. The maximum absolute atomic E-state index is 9.36. The predicted molar refractivity (Wildman–Crippen MR) is 97.7 cm³/mol. The fourth-order valence-corrected chi connectivity index (χ4v) is 9.10. The number of nitriles is 1. The molecule has 0 fully saturated rings. The first-order valence-electron chi connectivity index (χ1n) is 7.87. The van der Waals surface area contributed by atoms with Crippen LogP contribution in [0.25, 0.3) is 0 Å². The topological polar surface area (TPSA) is 73.5 Å². The first kappa shape index (κ1) is 20.0. The van der Waals surface area contributed by atoms with Gasteiger partial charge < -0.3 is 14.5 Å². The van der Waals surface area contributed by atoms with Crippen LogP contribution < -0.4 is 9.89 Å². The molecule has 0 unspecified atom stereocenters. The van der Waals surface area contributed by atoms with E-state index >= 15 is 0 Å². The van der Waals surface area contributed by atoms with Gasteiger partial charge in [0.25, 0.3) is 8.32 Å². The van der Waals surface area contributed by atoms with Crippen LogP contribution in [0.15, 0.2) is 12.1 Å². The van der Waals surface area contributed by atoms with Crippen LogP contribution in [0.3, 0.4) is 0 Å². The highest BCUT2D eigenvalue weighted by Crippen LogP contribution is 2.44. The standard InChI is InChI=1S/C16H25BClNO3Si/c1-10(2)23(11(3)4,12(5)6)22-15-8-7-14(17(20)21)13(9-19)16(15)18/h7-8,10-12,20-21H,1-6H3. The van der Waals surface area contributed by atoms with Crippen molar-refractivity contribution < 1.29 is 14.5 Å². The summed E-state index contributed by atoms with van der Waals surface area (Å²) < 4.78 is 6.49. The average Bonchev–Trinajstić information content (AvgIpc) is 2.44. The van der Waals surface area contributed by atoms with Gasteiger partial charge in [-0.3, -0.25) is 0 Å². The van der Waals surface area contributed by atoms with Crippen LogP contribution in [0.2, 0.25) is 21.6 Å². The van der Waals surface area contributed by atoms with Gasteiger partial charge in [-0.1, -0.05) is 59.2 Å². The quantitative estimate of drug-likeness (QED) is 0.768. The number of halogens is 1. The van der Waals surface area contributed by atoms with Gasteiger partial charge in [0.2, 0.25) is 0 Å². The van der Waals surface area contributed by atoms with Gasteiger partial charge in [-0.05, 0) is 22.7 Å². The van der Waals surface area contributed by atoms with Crippen LogP contribution in [-0.4, -0.2) is 25.5 Å². The van der Waals surface area contributed by atoms with E-state index in [2.05, 4.69) is 41.5 Å². The molecule has 4 nitrogen and oxygen atoms in total. The molecule has 0 radical (unpaired) electrons. The van der Waals surface area contributed by atoms with Crippen LogP contribution >= 0.6 is 11.6 Å². The minimum absolute atomic E-state index is 0.0540. The van der Waals surface area contributed by atoms with Gasteiger partial charge in [-0.2, -0.15) is 5.26 Å². The Hall–Kier alpha value is -0.998. The van der Waals surface area contributed by atoms with Gasteiger partial charge in [-0.15, -0.1) is 0 Å². The molecule has 0 saturated heterocycles. The molecule has 7 heteroatoms. The van der Waals surface area contributed by atoms with Crippen molar-refractivity contribution in [1.29, 1.82) is 5.26 Å². The molecule has 2 N–H and O–H groups in total. The van der Waals surface area contributed by atoms with E-state index in [0.717, 1.165) is 0 Å². The first-order chi connectivity index (χ1) is 10.6. The molecule has 126 valence electrons. The molecule has 0 bridgehead atoms. The molecule has 1 rings (SSSR count). The number of benzene rings is 1. The second kappa shape index (κ2) is 7.71. The Balaban J connectivity index is 3.45. The highest BCUT2D eigenvalue weighted by Gasteiger charge is 2.47. The van der Waals surface area contributed by atoms with Crippen LogP contribution in [0.1, 0.15) is 47.1 Å². The van der Waals surface area contributed by atoms with Gasteiger partial charge in [-0.25, -0.2) is 0 Å². The number of nitrogens with zero attached hydrogens (tertiary/aromatic N) is 1. The molecule has 1 aromatic carbocycles. The third kappa shape index (κ3) is 3.74. The lowest BCUT2D eigenvalue weighted by Gasteiger charge is -2.42. The zero-order valence-electron chi connectivity index (χ0n) is 14.6. The molecule has 23 heavy (non-hydrogen) atoms. The lowest BCUT2D eigenvalue weighted by atomic mass is 9.77. The van der Waals surface area contributed by atoms with E-state index in [4.69, 9.17) is 16.0 Å². The Morgan fingerprint density at radius 2 is 1.57 bits per heavy atom. The Kier molecular flexibility index (Phi) is 6.72. The van der Waals surface area contributed by atoms with E-state index in [1.807, 2.05) is 6.07 Å². The Morgan fingerprint density at radius 1 is 1.09 bits per heavy atom. The van der Waals surface area contributed by atoms with Gasteiger partial charge >= 0.3 is 7.12 Å². The van der Waals surface area contributed by atoms with Gasteiger partial charge in [0.1, 0.15) is 11.8 Å². The largest absolute Gasteiger partial charge is 0.542 e. The Labute approximate surface area is 145 Å². The zero-order chi connectivity index (χ0) is 17.9. The van der Waals surface area contributed by atoms with Crippen molar-refractivity contribution in [1.82, 2.24) is 0 Å². The van der Waals surface area contributed by atoms with Crippen molar-refractivity contribution in [2.75, 3.05) is 0 Å². The Morgan fingerprint density at radius 3 is 1.91 bits per heavy atom. The van der Waals surface area contributed by atoms with E-state index < -0.39 is 15.4 Å². The molecule has 0 amide bonds. The summed E-state index contributed by atoms with van der Waals surface area (Å²) in [7, 11) is -3.94. The molecular formula is C16H25BClNO3Si. The fourth-order valence-electron chi connectivity index (χ4n) is 3.52. The van der Waals surface area contributed by atoms with Crippen molar-refractivity contribution in [2.45, 2.75) is 58.2 Å². The van der Waals surface area contributed by atoms with Crippen molar-refractivity contribution in [2.24, 2.45) is 0 Å². The maximum Gasteiger partial charge on any atom is 0.489 e.